The number of carbonyl (C=O) groups is 1. The maximum Gasteiger partial charge on any atom is 0.262 e. The molecule has 1 N–H and O–H groups in total. The number of rotatable bonds is 3. The van der Waals surface area contributed by atoms with Gasteiger partial charge < -0.3 is 5.32 Å². The molecule has 1 aliphatic rings. The quantitative estimate of drug-likeness (QED) is 0.859. The molecular formula is C18H15Cl2FN2O. The van der Waals surface area contributed by atoms with Crippen molar-refractivity contribution in [3.05, 3.63) is 70.0 Å². The number of hydrogen-bond acceptors (Lipinski definition) is 2. The third-order valence-electron chi connectivity index (χ3n) is 4.16. The predicted molar refractivity (Wildman–Crippen MR) is 93.6 cm³/mol. The molecule has 0 aliphatic heterocycles. The summed E-state index contributed by atoms with van der Waals surface area (Å²) in [5.41, 5.74) is 0.0212. The van der Waals surface area contributed by atoms with Crippen molar-refractivity contribution in [2.75, 3.05) is 0 Å². The fourth-order valence-corrected chi connectivity index (χ4v) is 3.27. The Hall–Kier alpha value is -1.91. The van der Waals surface area contributed by atoms with Crippen molar-refractivity contribution >= 4 is 34.7 Å². The van der Waals surface area contributed by atoms with Crippen LogP contribution in [0.4, 0.5) is 4.39 Å². The minimum absolute atomic E-state index is 0.0463. The molecule has 0 radical (unpaired) electrons. The molecule has 0 bridgehead atoms. The highest BCUT2D eigenvalue weighted by Crippen LogP contribution is 2.42. The van der Waals surface area contributed by atoms with E-state index < -0.39 is 11.6 Å². The number of halogens is 3. The molecule has 1 aliphatic carbocycles. The lowest BCUT2D eigenvalue weighted by Crippen LogP contribution is -2.43. The first-order chi connectivity index (χ1) is 11.4. The molecule has 1 amide bonds. The number of fused-ring (bicyclic) bond motifs is 1. The first kappa shape index (κ1) is 16.9. The Labute approximate surface area is 149 Å². The van der Waals surface area contributed by atoms with Gasteiger partial charge in [0, 0.05) is 28.4 Å². The summed E-state index contributed by atoms with van der Waals surface area (Å²) in [6.45, 7) is 4.03. The maximum atomic E-state index is 15.5. The molecule has 3 nitrogen and oxygen atoms in total. The second-order valence-corrected chi connectivity index (χ2v) is 6.57. The van der Waals surface area contributed by atoms with Gasteiger partial charge in [-0.15, -0.1) is 0 Å². The van der Waals surface area contributed by atoms with E-state index in [1.165, 1.54) is 0 Å². The number of amides is 1. The topological polar surface area (TPSA) is 42.0 Å². The van der Waals surface area contributed by atoms with Crippen LogP contribution in [-0.4, -0.2) is 10.9 Å². The number of pyridine rings is 1. The zero-order valence-electron chi connectivity index (χ0n) is 12.8. The molecule has 1 atom stereocenters. The third kappa shape index (κ3) is 3.04. The van der Waals surface area contributed by atoms with Crippen LogP contribution in [0.2, 0.25) is 10.0 Å². The highest BCUT2D eigenvalue weighted by molar-refractivity contribution is 6.35. The van der Waals surface area contributed by atoms with Crippen molar-refractivity contribution in [3.63, 3.8) is 0 Å². The number of nitrogens with one attached hydrogen (secondary N) is 1. The first-order valence-corrected chi connectivity index (χ1v) is 8.22. The normalized spacial score (nSPS) is 19.7. The van der Waals surface area contributed by atoms with E-state index >= 15 is 4.39 Å². The van der Waals surface area contributed by atoms with Gasteiger partial charge in [-0.05, 0) is 42.2 Å². The number of hydrogen-bond donors (Lipinski definition) is 1. The Bertz CT molecular complexity index is 824. The number of alkyl halides is 1. The lowest BCUT2D eigenvalue weighted by molar-refractivity contribution is -0.134. The molecule has 3 rings (SSSR count). The van der Waals surface area contributed by atoms with Crippen molar-refractivity contribution < 1.29 is 9.18 Å². The van der Waals surface area contributed by atoms with Gasteiger partial charge in [-0.25, -0.2) is 4.39 Å². The smallest absolute Gasteiger partial charge is 0.262 e. The number of nitrogens with zero attached hydrogens (tertiary/aromatic N) is 1. The second kappa shape index (κ2) is 6.54. The Kier molecular flexibility index (Phi) is 4.61. The van der Waals surface area contributed by atoms with Gasteiger partial charge in [-0.1, -0.05) is 41.9 Å². The Morgan fingerprint density at radius 3 is 2.92 bits per heavy atom. The van der Waals surface area contributed by atoms with Crippen LogP contribution in [0.5, 0.6) is 0 Å². The lowest BCUT2D eigenvalue weighted by Gasteiger charge is -2.31. The van der Waals surface area contributed by atoms with Crippen molar-refractivity contribution in [2.45, 2.75) is 25.1 Å². The standard InChI is InChI=1S/C18H15Cl2FN2O/c1-11-6-7-18(21,14-3-2-8-22-16(11)14)17(24)23-10-12-4-5-13(19)9-15(12)20/h2-5,8-9H,1,6-7,10H2,(H,23,24)/t18-/m1/s1. The van der Waals surface area contributed by atoms with Crippen LogP contribution in [0.15, 0.2) is 43.1 Å². The van der Waals surface area contributed by atoms with Crippen molar-refractivity contribution in [2.24, 2.45) is 0 Å². The summed E-state index contributed by atoms with van der Waals surface area (Å²) >= 11 is 11.9. The summed E-state index contributed by atoms with van der Waals surface area (Å²) in [7, 11) is 0. The molecule has 0 saturated heterocycles. The summed E-state index contributed by atoms with van der Waals surface area (Å²) in [4.78, 5) is 16.7. The van der Waals surface area contributed by atoms with E-state index in [4.69, 9.17) is 23.2 Å². The average molecular weight is 365 g/mol. The van der Waals surface area contributed by atoms with Crippen LogP contribution in [-0.2, 0) is 17.0 Å². The van der Waals surface area contributed by atoms with Gasteiger partial charge in [0.1, 0.15) is 0 Å². The lowest BCUT2D eigenvalue weighted by atomic mass is 9.80. The largest absolute Gasteiger partial charge is 0.349 e. The molecule has 0 spiro atoms. The van der Waals surface area contributed by atoms with Crippen LogP contribution in [0.1, 0.15) is 29.7 Å². The number of aromatic nitrogens is 1. The summed E-state index contributed by atoms with van der Waals surface area (Å²) in [5, 5.41) is 3.55. The Balaban J connectivity index is 1.82. The molecule has 1 aromatic heterocycles. The Morgan fingerprint density at radius 1 is 1.38 bits per heavy atom. The van der Waals surface area contributed by atoms with E-state index in [2.05, 4.69) is 16.9 Å². The predicted octanol–water partition coefficient (Wildman–Crippen LogP) is 4.68. The molecular weight excluding hydrogens is 350 g/mol. The van der Waals surface area contributed by atoms with Crippen LogP contribution in [0.3, 0.4) is 0 Å². The number of carbonyl (C=O) groups excluding carboxylic acids is 1. The van der Waals surface area contributed by atoms with Crippen molar-refractivity contribution in [1.82, 2.24) is 10.3 Å². The summed E-state index contributed by atoms with van der Waals surface area (Å²) in [6.07, 6.45) is 2.00. The van der Waals surface area contributed by atoms with E-state index in [1.807, 2.05) is 0 Å². The molecule has 0 unspecified atom stereocenters. The monoisotopic (exact) mass is 364 g/mol. The van der Waals surface area contributed by atoms with E-state index in [0.717, 1.165) is 5.57 Å². The van der Waals surface area contributed by atoms with E-state index in [1.54, 1.807) is 36.5 Å². The summed E-state index contributed by atoms with van der Waals surface area (Å²) in [5.74, 6) is -0.699. The maximum absolute atomic E-state index is 15.5. The zero-order chi connectivity index (χ0) is 17.3. The average Bonchev–Trinajstić information content (AvgIpc) is 2.57. The fourth-order valence-electron chi connectivity index (χ4n) is 2.80. The Morgan fingerprint density at radius 2 is 2.17 bits per heavy atom. The van der Waals surface area contributed by atoms with E-state index in [-0.39, 0.29) is 18.5 Å². The van der Waals surface area contributed by atoms with Gasteiger partial charge in [0.05, 0.1) is 5.69 Å². The molecule has 0 fully saturated rings. The molecule has 6 heteroatoms. The molecule has 0 saturated carbocycles. The van der Waals surface area contributed by atoms with Crippen LogP contribution in [0.25, 0.3) is 5.57 Å². The van der Waals surface area contributed by atoms with Gasteiger partial charge in [0.2, 0.25) is 5.67 Å². The number of allylic oxidation sites excluding steroid dienone is 1. The molecule has 124 valence electrons. The van der Waals surface area contributed by atoms with Crippen LogP contribution in [0, 0.1) is 0 Å². The van der Waals surface area contributed by atoms with E-state index in [0.29, 0.717) is 27.7 Å². The molecule has 24 heavy (non-hydrogen) atoms. The van der Waals surface area contributed by atoms with Crippen LogP contribution < -0.4 is 5.32 Å². The molecule has 2 aromatic rings. The minimum atomic E-state index is -2.12. The summed E-state index contributed by atoms with van der Waals surface area (Å²) < 4.78 is 15.5. The first-order valence-electron chi connectivity index (χ1n) is 7.46. The van der Waals surface area contributed by atoms with Crippen molar-refractivity contribution in [1.29, 1.82) is 0 Å². The van der Waals surface area contributed by atoms with Gasteiger partial charge in [-0.2, -0.15) is 0 Å². The van der Waals surface area contributed by atoms with Gasteiger partial charge in [0.25, 0.3) is 5.91 Å². The highest BCUT2D eigenvalue weighted by Gasteiger charge is 2.45. The highest BCUT2D eigenvalue weighted by atomic mass is 35.5. The number of benzene rings is 1. The third-order valence-corrected chi connectivity index (χ3v) is 4.74. The van der Waals surface area contributed by atoms with Gasteiger partial charge in [-0.3, -0.25) is 9.78 Å². The van der Waals surface area contributed by atoms with Crippen LogP contribution >= 0.6 is 23.2 Å². The zero-order valence-corrected chi connectivity index (χ0v) is 14.3. The molecule has 1 heterocycles. The minimum Gasteiger partial charge on any atom is -0.349 e. The van der Waals surface area contributed by atoms with Gasteiger partial charge in [0.15, 0.2) is 0 Å². The van der Waals surface area contributed by atoms with Crippen molar-refractivity contribution in [3.8, 4) is 0 Å². The fraction of sp³-hybridized carbons (Fsp3) is 0.222. The van der Waals surface area contributed by atoms with E-state index in [9.17, 15) is 4.79 Å². The summed E-state index contributed by atoms with van der Waals surface area (Å²) in [6, 6.07) is 8.16. The second-order valence-electron chi connectivity index (χ2n) is 5.72. The van der Waals surface area contributed by atoms with Gasteiger partial charge >= 0.3 is 0 Å². The molecule has 1 aromatic carbocycles. The SMILES string of the molecule is C=C1CC[C@](F)(C(=O)NCc2ccc(Cl)cc2Cl)c2cccnc21.